The summed E-state index contributed by atoms with van der Waals surface area (Å²) in [7, 11) is 0. The fraction of sp³-hybridized carbons (Fsp3) is 0.800. The van der Waals surface area contributed by atoms with Crippen molar-refractivity contribution in [1.82, 2.24) is 15.0 Å². The van der Waals surface area contributed by atoms with E-state index in [4.69, 9.17) is 9.47 Å². The molecule has 21 heavy (non-hydrogen) atoms. The number of aromatic nitrogens is 3. The van der Waals surface area contributed by atoms with Crippen LogP contribution in [0.2, 0.25) is 0 Å². The van der Waals surface area contributed by atoms with E-state index in [1.807, 2.05) is 6.92 Å². The van der Waals surface area contributed by atoms with Crippen LogP contribution in [0, 0.1) is 5.92 Å². The Morgan fingerprint density at radius 2 is 1.76 bits per heavy atom. The van der Waals surface area contributed by atoms with Gasteiger partial charge in [0.1, 0.15) is 6.10 Å². The quantitative estimate of drug-likeness (QED) is 0.833. The van der Waals surface area contributed by atoms with Crippen molar-refractivity contribution < 1.29 is 9.47 Å². The topological polar surface area (TPSA) is 69.2 Å². The van der Waals surface area contributed by atoms with E-state index in [0.717, 1.165) is 31.7 Å². The lowest BCUT2D eigenvalue weighted by molar-refractivity contribution is 0.122. The minimum atomic E-state index is 0.206. The first kappa shape index (κ1) is 15.8. The van der Waals surface area contributed by atoms with Crippen LogP contribution in [0.3, 0.4) is 0 Å². The van der Waals surface area contributed by atoms with Gasteiger partial charge in [0.2, 0.25) is 5.95 Å². The standard InChI is InChI=1S/C15H26N4O2/c1-4-10-16-13-17-14(20-5-2)19-15(18-13)21-12-8-6-11(3)7-9-12/h11-12H,4-10H2,1-3H3,(H,16,17,18,19). The second-order valence-electron chi connectivity index (χ2n) is 5.58. The average Bonchev–Trinajstić information content (AvgIpc) is 2.48. The van der Waals surface area contributed by atoms with E-state index in [2.05, 4.69) is 34.1 Å². The van der Waals surface area contributed by atoms with E-state index < -0.39 is 0 Å². The lowest BCUT2D eigenvalue weighted by Crippen LogP contribution is -2.24. The molecule has 6 heteroatoms. The number of nitrogens with zero attached hydrogens (tertiary/aromatic N) is 3. The van der Waals surface area contributed by atoms with Crippen molar-refractivity contribution in [3.8, 4) is 12.0 Å². The number of ether oxygens (including phenoxy) is 2. The van der Waals surface area contributed by atoms with E-state index in [1.165, 1.54) is 12.8 Å². The Balaban J connectivity index is 2.03. The van der Waals surface area contributed by atoms with Gasteiger partial charge in [-0.05, 0) is 44.9 Å². The zero-order valence-electron chi connectivity index (χ0n) is 13.3. The second kappa shape index (κ2) is 8.00. The van der Waals surface area contributed by atoms with Crippen LogP contribution in [0.1, 0.15) is 52.9 Å². The van der Waals surface area contributed by atoms with Crippen LogP contribution in [-0.2, 0) is 0 Å². The Kier molecular flexibility index (Phi) is 6.02. The number of hydrogen-bond donors (Lipinski definition) is 1. The van der Waals surface area contributed by atoms with Crippen LogP contribution >= 0.6 is 0 Å². The molecule has 1 aromatic rings. The molecule has 1 aliphatic carbocycles. The molecule has 1 fully saturated rings. The highest BCUT2D eigenvalue weighted by Gasteiger charge is 2.21. The number of hydrogen-bond acceptors (Lipinski definition) is 6. The molecule has 1 aliphatic rings. The van der Waals surface area contributed by atoms with Crippen LogP contribution in [0.25, 0.3) is 0 Å². The van der Waals surface area contributed by atoms with Gasteiger partial charge in [0.15, 0.2) is 0 Å². The molecule has 0 bridgehead atoms. The molecule has 1 aromatic heterocycles. The molecule has 118 valence electrons. The third-order valence-corrected chi connectivity index (χ3v) is 3.64. The molecule has 6 nitrogen and oxygen atoms in total. The lowest BCUT2D eigenvalue weighted by Gasteiger charge is -2.26. The molecule has 1 saturated carbocycles. The normalized spacial score (nSPS) is 21.9. The van der Waals surface area contributed by atoms with Gasteiger partial charge in [-0.25, -0.2) is 0 Å². The Hall–Kier alpha value is -1.59. The number of anilines is 1. The minimum absolute atomic E-state index is 0.206. The summed E-state index contributed by atoms with van der Waals surface area (Å²) in [6.07, 6.45) is 5.75. The molecular weight excluding hydrogens is 268 g/mol. The van der Waals surface area contributed by atoms with Gasteiger partial charge in [0, 0.05) is 6.54 Å². The van der Waals surface area contributed by atoms with Crippen molar-refractivity contribution in [2.24, 2.45) is 5.92 Å². The third kappa shape index (κ3) is 5.02. The van der Waals surface area contributed by atoms with Gasteiger partial charge in [-0.1, -0.05) is 13.8 Å². The molecule has 0 amide bonds. The first-order chi connectivity index (χ1) is 10.2. The first-order valence-electron chi connectivity index (χ1n) is 8.00. The van der Waals surface area contributed by atoms with Gasteiger partial charge in [-0.3, -0.25) is 0 Å². The Labute approximate surface area is 126 Å². The van der Waals surface area contributed by atoms with E-state index in [-0.39, 0.29) is 6.10 Å². The molecule has 0 radical (unpaired) electrons. The van der Waals surface area contributed by atoms with Crippen LogP contribution in [-0.4, -0.2) is 34.2 Å². The summed E-state index contributed by atoms with van der Waals surface area (Å²) >= 11 is 0. The van der Waals surface area contributed by atoms with Gasteiger partial charge in [0.25, 0.3) is 0 Å². The maximum Gasteiger partial charge on any atom is 0.324 e. The smallest absolute Gasteiger partial charge is 0.324 e. The van der Waals surface area contributed by atoms with E-state index in [1.54, 1.807) is 0 Å². The molecule has 0 saturated heterocycles. The Bertz CT molecular complexity index is 434. The summed E-state index contributed by atoms with van der Waals surface area (Å²) in [5.74, 6) is 1.32. The maximum atomic E-state index is 5.93. The van der Waals surface area contributed by atoms with Crippen LogP contribution in [0.15, 0.2) is 0 Å². The van der Waals surface area contributed by atoms with Crippen LogP contribution in [0.5, 0.6) is 12.0 Å². The SMILES string of the molecule is CCCNc1nc(OCC)nc(OC2CCC(C)CC2)n1. The third-order valence-electron chi connectivity index (χ3n) is 3.64. The van der Waals surface area contributed by atoms with Gasteiger partial charge in [-0.2, -0.15) is 9.97 Å². The second-order valence-corrected chi connectivity index (χ2v) is 5.58. The molecule has 0 aliphatic heterocycles. The molecule has 0 spiro atoms. The first-order valence-corrected chi connectivity index (χ1v) is 8.00. The lowest BCUT2D eigenvalue weighted by atomic mass is 9.89. The molecule has 0 unspecified atom stereocenters. The van der Waals surface area contributed by atoms with Gasteiger partial charge in [-0.15, -0.1) is 4.98 Å². The molecular formula is C15H26N4O2. The summed E-state index contributed by atoms with van der Waals surface area (Å²) in [5, 5.41) is 3.16. The van der Waals surface area contributed by atoms with E-state index in [0.29, 0.717) is 24.6 Å². The highest BCUT2D eigenvalue weighted by atomic mass is 16.5. The van der Waals surface area contributed by atoms with Crippen molar-refractivity contribution in [3.05, 3.63) is 0 Å². The highest BCUT2D eigenvalue weighted by molar-refractivity contribution is 5.27. The fourth-order valence-electron chi connectivity index (χ4n) is 2.40. The minimum Gasteiger partial charge on any atom is -0.464 e. The average molecular weight is 294 g/mol. The van der Waals surface area contributed by atoms with Crippen molar-refractivity contribution in [2.45, 2.75) is 59.0 Å². The van der Waals surface area contributed by atoms with Crippen molar-refractivity contribution >= 4 is 5.95 Å². The fourth-order valence-corrected chi connectivity index (χ4v) is 2.40. The molecule has 2 rings (SSSR count). The molecule has 0 atom stereocenters. The zero-order valence-corrected chi connectivity index (χ0v) is 13.3. The summed E-state index contributed by atoms with van der Waals surface area (Å²) in [5.41, 5.74) is 0. The monoisotopic (exact) mass is 294 g/mol. The van der Waals surface area contributed by atoms with E-state index >= 15 is 0 Å². The van der Waals surface area contributed by atoms with Gasteiger partial charge in [0.05, 0.1) is 6.61 Å². The molecule has 1 N–H and O–H groups in total. The summed E-state index contributed by atoms with van der Waals surface area (Å²) < 4.78 is 11.3. The van der Waals surface area contributed by atoms with Gasteiger partial charge < -0.3 is 14.8 Å². The predicted molar refractivity (Wildman–Crippen MR) is 81.8 cm³/mol. The van der Waals surface area contributed by atoms with Crippen LogP contribution < -0.4 is 14.8 Å². The van der Waals surface area contributed by atoms with Crippen molar-refractivity contribution in [3.63, 3.8) is 0 Å². The van der Waals surface area contributed by atoms with Gasteiger partial charge >= 0.3 is 12.0 Å². The Morgan fingerprint density at radius 3 is 2.43 bits per heavy atom. The van der Waals surface area contributed by atoms with Crippen molar-refractivity contribution in [2.75, 3.05) is 18.5 Å². The summed E-state index contributed by atoms with van der Waals surface area (Å²) in [6.45, 7) is 7.64. The number of nitrogens with one attached hydrogen (secondary N) is 1. The maximum absolute atomic E-state index is 5.93. The Morgan fingerprint density at radius 1 is 1.05 bits per heavy atom. The highest BCUT2D eigenvalue weighted by Crippen LogP contribution is 2.26. The number of rotatable bonds is 7. The molecule has 0 aromatic carbocycles. The molecule has 1 heterocycles. The summed E-state index contributed by atoms with van der Waals surface area (Å²) in [6, 6.07) is 0.692. The van der Waals surface area contributed by atoms with Crippen LogP contribution in [0.4, 0.5) is 5.95 Å². The largest absolute Gasteiger partial charge is 0.464 e. The predicted octanol–water partition coefficient (Wildman–Crippen LogP) is 3.05. The summed E-state index contributed by atoms with van der Waals surface area (Å²) in [4.78, 5) is 12.8. The van der Waals surface area contributed by atoms with Crippen molar-refractivity contribution in [1.29, 1.82) is 0 Å². The zero-order chi connectivity index (χ0) is 15.1. The van der Waals surface area contributed by atoms with E-state index in [9.17, 15) is 0 Å².